The molecule has 5 heteroatoms. The Kier molecular flexibility index (Phi) is 6.09. The van der Waals surface area contributed by atoms with Gasteiger partial charge in [-0.05, 0) is 43.5 Å². The Labute approximate surface area is 136 Å². The van der Waals surface area contributed by atoms with E-state index in [1.807, 2.05) is 0 Å². The molecule has 0 aliphatic carbocycles. The normalized spacial score (nSPS) is 11.8. The Morgan fingerprint density at radius 1 is 1.30 bits per heavy atom. The third kappa shape index (κ3) is 5.06. The molecule has 0 spiro atoms. The lowest BCUT2D eigenvalue weighted by Gasteiger charge is -2.12. The Bertz CT molecular complexity index is 660. The predicted molar refractivity (Wildman–Crippen MR) is 90.0 cm³/mol. The van der Waals surface area contributed by atoms with Crippen LogP contribution in [-0.2, 0) is 6.42 Å². The SMILES string of the molecule is CCC(C)Nc1cc(C(=O)NCCc2ccccc2F)ccn1. The zero-order chi connectivity index (χ0) is 16.7. The number of rotatable bonds is 7. The summed E-state index contributed by atoms with van der Waals surface area (Å²) in [4.78, 5) is 16.4. The standard InChI is InChI=1S/C18H22FN3O/c1-3-13(2)22-17-12-15(9-10-20-17)18(23)21-11-8-14-6-4-5-7-16(14)19/h4-7,9-10,12-13H,3,8,11H2,1-2H3,(H,20,22)(H,21,23). The van der Waals surface area contributed by atoms with Gasteiger partial charge in [-0.1, -0.05) is 25.1 Å². The van der Waals surface area contributed by atoms with Gasteiger partial charge in [0.2, 0.25) is 0 Å². The van der Waals surface area contributed by atoms with Crippen LogP contribution in [0, 0.1) is 5.82 Å². The molecule has 1 atom stereocenters. The second-order valence-corrected chi connectivity index (χ2v) is 5.48. The molecule has 2 aromatic rings. The number of pyridine rings is 1. The van der Waals surface area contributed by atoms with E-state index in [1.54, 1.807) is 36.5 Å². The van der Waals surface area contributed by atoms with Crippen LogP contribution in [0.25, 0.3) is 0 Å². The van der Waals surface area contributed by atoms with Gasteiger partial charge in [0.1, 0.15) is 11.6 Å². The van der Waals surface area contributed by atoms with E-state index in [-0.39, 0.29) is 11.7 Å². The first-order valence-corrected chi connectivity index (χ1v) is 7.84. The second kappa shape index (κ2) is 8.27. The van der Waals surface area contributed by atoms with Crippen LogP contribution in [-0.4, -0.2) is 23.5 Å². The molecule has 2 rings (SSSR count). The van der Waals surface area contributed by atoms with Crippen molar-refractivity contribution in [3.8, 4) is 0 Å². The van der Waals surface area contributed by atoms with Crippen LogP contribution in [0.5, 0.6) is 0 Å². The number of benzene rings is 1. The first-order chi connectivity index (χ1) is 11.1. The first-order valence-electron chi connectivity index (χ1n) is 7.84. The average Bonchev–Trinajstić information content (AvgIpc) is 2.56. The van der Waals surface area contributed by atoms with E-state index in [1.165, 1.54) is 6.07 Å². The lowest BCUT2D eigenvalue weighted by Crippen LogP contribution is -2.26. The van der Waals surface area contributed by atoms with E-state index < -0.39 is 0 Å². The van der Waals surface area contributed by atoms with Crippen LogP contribution in [0.2, 0.25) is 0 Å². The molecule has 0 fully saturated rings. The van der Waals surface area contributed by atoms with Crippen LogP contribution in [0.3, 0.4) is 0 Å². The van der Waals surface area contributed by atoms with Crippen molar-refractivity contribution in [3.05, 3.63) is 59.5 Å². The largest absolute Gasteiger partial charge is 0.368 e. The summed E-state index contributed by atoms with van der Waals surface area (Å²) in [6.45, 7) is 4.52. The summed E-state index contributed by atoms with van der Waals surface area (Å²) in [5.41, 5.74) is 1.14. The van der Waals surface area contributed by atoms with Crippen molar-refractivity contribution in [1.82, 2.24) is 10.3 Å². The molecular formula is C18H22FN3O. The van der Waals surface area contributed by atoms with E-state index in [2.05, 4.69) is 29.5 Å². The number of halogens is 1. The molecule has 1 amide bonds. The van der Waals surface area contributed by atoms with Crippen molar-refractivity contribution in [2.75, 3.05) is 11.9 Å². The molecule has 0 bridgehead atoms. The molecule has 23 heavy (non-hydrogen) atoms. The number of anilines is 1. The minimum absolute atomic E-state index is 0.184. The fraction of sp³-hybridized carbons (Fsp3) is 0.333. The Morgan fingerprint density at radius 3 is 2.83 bits per heavy atom. The number of carbonyl (C=O) groups excluding carboxylic acids is 1. The summed E-state index contributed by atoms with van der Waals surface area (Å²) in [5, 5.41) is 6.04. The molecule has 0 aliphatic heterocycles. The molecule has 1 aromatic carbocycles. The highest BCUT2D eigenvalue weighted by Gasteiger charge is 2.08. The van der Waals surface area contributed by atoms with Crippen molar-refractivity contribution < 1.29 is 9.18 Å². The molecule has 4 nitrogen and oxygen atoms in total. The van der Waals surface area contributed by atoms with E-state index in [0.29, 0.717) is 36.0 Å². The highest BCUT2D eigenvalue weighted by molar-refractivity contribution is 5.94. The average molecular weight is 315 g/mol. The van der Waals surface area contributed by atoms with Gasteiger partial charge in [0.15, 0.2) is 0 Å². The highest BCUT2D eigenvalue weighted by atomic mass is 19.1. The maximum Gasteiger partial charge on any atom is 0.251 e. The van der Waals surface area contributed by atoms with E-state index in [4.69, 9.17) is 0 Å². The number of aromatic nitrogens is 1. The van der Waals surface area contributed by atoms with Crippen LogP contribution in [0.4, 0.5) is 10.2 Å². The summed E-state index contributed by atoms with van der Waals surface area (Å²) in [6, 6.07) is 10.3. The van der Waals surface area contributed by atoms with Crippen molar-refractivity contribution in [2.24, 2.45) is 0 Å². The number of carbonyl (C=O) groups is 1. The maximum atomic E-state index is 13.5. The van der Waals surface area contributed by atoms with Gasteiger partial charge in [0.25, 0.3) is 5.91 Å². The smallest absolute Gasteiger partial charge is 0.251 e. The van der Waals surface area contributed by atoms with Gasteiger partial charge in [-0.25, -0.2) is 9.37 Å². The fourth-order valence-corrected chi connectivity index (χ4v) is 2.12. The Balaban J connectivity index is 1.90. The summed E-state index contributed by atoms with van der Waals surface area (Å²) in [5.74, 6) is 0.253. The summed E-state index contributed by atoms with van der Waals surface area (Å²) >= 11 is 0. The Morgan fingerprint density at radius 2 is 2.09 bits per heavy atom. The van der Waals surface area contributed by atoms with Gasteiger partial charge in [-0.3, -0.25) is 4.79 Å². The Hall–Kier alpha value is -2.43. The van der Waals surface area contributed by atoms with E-state index in [0.717, 1.165) is 6.42 Å². The number of nitrogens with one attached hydrogen (secondary N) is 2. The molecule has 0 saturated heterocycles. The second-order valence-electron chi connectivity index (χ2n) is 5.48. The lowest BCUT2D eigenvalue weighted by molar-refractivity contribution is 0.0954. The fourth-order valence-electron chi connectivity index (χ4n) is 2.12. The number of hydrogen-bond acceptors (Lipinski definition) is 3. The van der Waals surface area contributed by atoms with Crippen molar-refractivity contribution in [2.45, 2.75) is 32.7 Å². The molecule has 1 aromatic heterocycles. The number of hydrogen-bond donors (Lipinski definition) is 2. The van der Waals surface area contributed by atoms with E-state index in [9.17, 15) is 9.18 Å². The summed E-state index contributed by atoms with van der Waals surface area (Å²) in [6.07, 6.45) is 3.04. The van der Waals surface area contributed by atoms with Crippen LogP contribution < -0.4 is 10.6 Å². The zero-order valence-electron chi connectivity index (χ0n) is 13.5. The summed E-state index contributed by atoms with van der Waals surface area (Å²) in [7, 11) is 0. The van der Waals surface area contributed by atoms with Gasteiger partial charge < -0.3 is 10.6 Å². The van der Waals surface area contributed by atoms with Crippen molar-refractivity contribution in [3.63, 3.8) is 0 Å². The minimum Gasteiger partial charge on any atom is -0.368 e. The molecular weight excluding hydrogens is 293 g/mol. The predicted octanol–water partition coefficient (Wildman–Crippen LogP) is 3.40. The molecule has 0 saturated carbocycles. The van der Waals surface area contributed by atoms with Crippen molar-refractivity contribution >= 4 is 11.7 Å². The first kappa shape index (κ1) is 16.9. The van der Waals surface area contributed by atoms with E-state index >= 15 is 0 Å². The van der Waals surface area contributed by atoms with Crippen LogP contribution >= 0.6 is 0 Å². The number of nitrogens with zero attached hydrogens (tertiary/aromatic N) is 1. The molecule has 2 N–H and O–H groups in total. The van der Waals surface area contributed by atoms with Gasteiger partial charge >= 0.3 is 0 Å². The highest BCUT2D eigenvalue weighted by Crippen LogP contribution is 2.10. The molecule has 1 heterocycles. The van der Waals surface area contributed by atoms with Crippen molar-refractivity contribution in [1.29, 1.82) is 0 Å². The quantitative estimate of drug-likeness (QED) is 0.823. The minimum atomic E-state index is -0.245. The monoisotopic (exact) mass is 315 g/mol. The summed E-state index contributed by atoms with van der Waals surface area (Å²) < 4.78 is 13.5. The number of amides is 1. The molecule has 1 unspecified atom stereocenters. The van der Waals surface area contributed by atoms with Gasteiger partial charge in [-0.2, -0.15) is 0 Å². The lowest BCUT2D eigenvalue weighted by atomic mass is 10.1. The van der Waals surface area contributed by atoms with Gasteiger partial charge in [-0.15, -0.1) is 0 Å². The topological polar surface area (TPSA) is 54.0 Å². The molecule has 122 valence electrons. The van der Waals surface area contributed by atoms with Gasteiger partial charge in [0, 0.05) is 24.3 Å². The molecule has 0 aliphatic rings. The molecule has 0 radical (unpaired) electrons. The van der Waals surface area contributed by atoms with Crippen LogP contribution in [0.15, 0.2) is 42.6 Å². The maximum absolute atomic E-state index is 13.5. The third-order valence-electron chi connectivity index (χ3n) is 3.67. The van der Waals surface area contributed by atoms with Gasteiger partial charge in [0.05, 0.1) is 0 Å². The van der Waals surface area contributed by atoms with Crippen LogP contribution in [0.1, 0.15) is 36.2 Å². The zero-order valence-corrected chi connectivity index (χ0v) is 13.5. The third-order valence-corrected chi connectivity index (χ3v) is 3.67.